The third-order valence-corrected chi connectivity index (χ3v) is 3.13. The fourth-order valence-electron chi connectivity index (χ4n) is 1.99. The summed E-state index contributed by atoms with van der Waals surface area (Å²) in [4.78, 5) is 13.5. The van der Waals surface area contributed by atoms with E-state index in [0.29, 0.717) is 6.54 Å². The van der Waals surface area contributed by atoms with Crippen LogP contribution in [0.4, 0.5) is 0 Å². The highest BCUT2D eigenvalue weighted by atomic mass is 16.5. The van der Waals surface area contributed by atoms with Crippen molar-refractivity contribution in [2.45, 2.75) is 25.5 Å². The van der Waals surface area contributed by atoms with Crippen LogP contribution in [-0.4, -0.2) is 53.9 Å². The quantitative estimate of drug-likeness (QED) is 0.782. The van der Waals surface area contributed by atoms with E-state index in [1.54, 1.807) is 24.3 Å². The van der Waals surface area contributed by atoms with Gasteiger partial charge in [-0.1, -0.05) is 0 Å². The van der Waals surface area contributed by atoms with Crippen LogP contribution in [0.25, 0.3) is 0 Å². The Bertz CT molecular complexity index is 360. The van der Waals surface area contributed by atoms with Gasteiger partial charge in [0, 0.05) is 25.4 Å². The smallest absolute Gasteiger partial charge is 0.248 e. The van der Waals surface area contributed by atoms with Gasteiger partial charge in [-0.15, -0.1) is 0 Å². The average Bonchev–Trinajstić information content (AvgIpc) is 2.90. The van der Waals surface area contributed by atoms with E-state index in [4.69, 9.17) is 4.74 Å². The first-order valence-corrected chi connectivity index (χ1v) is 6.29. The molecule has 1 aromatic heterocycles. The van der Waals surface area contributed by atoms with E-state index in [0.717, 1.165) is 31.5 Å². The molecule has 2 rings (SSSR count). The molecule has 0 spiro atoms. The number of nitrogens with one attached hydrogen (secondary N) is 2. The van der Waals surface area contributed by atoms with E-state index in [2.05, 4.69) is 15.5 Å². The van der Waals surface area contributed by atoms with Crippen molar-refractivity contribution in [3.8, 4) is 0 Å². The van der Waals surface area contributed by atoms with E-state index >= 15 is 0 Å². The maximum Gasteiger partial charge on any atom is 0.248 e. The van der Waals surface area contributed by atoms with Gasteiger partial charge in [0.25, 0.3) is 0 Å². The normalized spacial score (nSPS) is 16.7. The number of amides is 1. The molecule has 0 unspecified atom stereocenters. The summed E-state index contributed by atoms with van der Waals surface area (Å²) < 4.78 is 5.63. The van der Waals surface area contributed by atoms with Crippen molar-refractivity contribution in [3.05, 3.63) is 18.0 Å². The fraction of sp³-hybridized carbons (Fsp3) is 0.667. The Hall–Kier alpha value is -1.40. The van der Waals surface area contributed by atoms with Crippen molar-refractivity contribution in [2.75, 3.05) is 26.7 Å². The van der Waals surface area contributed by atoms with E-state index in [1.165, 1.54) is 0 Å². The minimum absolute atomic E-state index is 0.00901. The number of aromatic nitrogens is 2. The lowest BCUT2D eigenvalue weighted by atomic mass is 10.1. The number of hydrogen-bond donors (Lipinski definition) is 2. The van der Waals surface area contributed by atoms with Gasteiger partial charge >= 0.3 is 0 Å². The first-order chi connectivity index (χ1) is 8.75. The zero-order chi connectivity index (χ0) is 12.8. The molecule has 0 bridgehead atoms. The lowest BCUT2D eigenvalue weighted by Gasteiger charge is -2.24. The van der Waals surface area contributed by atoms with Gasteiger partial charge < -0.3 is 15.0 Å². The topological polar surface area (TPSA) is 70.2 Å². The summed E-state index contributed by atoms with van der Waals surface area (Å²) in [5.74, 6) is 0.00901. The van der Waals surface area contributed by atoms with E-state index in [9.17, 15) is 4.79 Å². The molecule has 0 radical (unpaired) electrons. The molecule has 1 fully saturated rings. The van der Waals surface area contributed by atoms with Crippen molar-refractivity contribution >= 4 is 5.91 Å². The van der Waals surface area contributed by atoms with Gasteiger partial charge in [-0.2, -0.15) is 5.10 Å². The number of aromatic amines is 1. The number of carbonyl (C=O) groups excluding carboxylic acids is 1. The predicted molar refractivity (Wildman–Crippen MR) is 66.9 cm³/mol. The zero-order valence-electron chi connectivity index (χ0n) is 10.7. The van der Waals surface area contributed by atoms with Gasteiger partial charge in [-0.3, -0.25) is 9.89 Å². The molecule has 6 nitrogen and oxygen atoms in total. The van der Waals surface area contributed by atoms with Crippen molar-refractivity contribution < 1.29 is 9.53 Å². The molecule has 2 N–H and O–H groups in total. The first kappa shape index (κ1) is 13.0. The Labute approximate surface area is 107 Å². The van der Waals surface area contributed by atoms with E-state index in [-0.39, 0.29) is 18.6 Å². The maximum absolute atomic E-state index is 11.9. The van der Waals surface area contributed by atoms with Gasteiger partial charge in [-0.25, -0.2) is 0 Å². The molecule has 1 saturated heterocycles. The number of nitrogens with zero attached hydrogens (tertiary/aromatic N) is 2. The highest BCUT2D eigenvalue weighted by Crippen LogP contribution is 2.07. The monoisotopic (exact) mass is 252 g/mol. The molecular formula is C12H20N4O2. The Balaban J connectivity index is 1.70. The Morgan fingerprint density at radius 3 is 3.00 bits per heavy atom. The Morgan fingerprint density at radius 1 is 1.56 bits per heavy atom. The van der Waals surface area contributed by atoms with E-state index in [1.807, 2.05) is 0 Å². The Morgan fingerprint density at radius 2 is 2.33 bits per heavy atom. The highest BCUT2D eigenvalue weighted by molar-refractivity contribution is 5.77. The van der Waals surface area contributed by atoms with Crippen molar-refractivity contribution in [2.24, 2.45) is 0 Å². The summed E-state index contributed by atoms with van der Waals surface area (Å²) in [5.41, 5.74) is 0.993. The second kappa shape index (κ2) is 6.51. The molecular weight excluding hydrogens is 232 g/mol. The standard InChI is InChI=1S/C12H20N4O2/c1-16(8-10-6-14-15-7-10)12(17)9-18-11-2-4-13-5-3-11/h6-7,11,13H,2-5,8-9H2,1H3,(H,14,15). The van der Waals surface area contributed by atoms with Crippen LogP contribution in [0.5, 0.6) is 0 Å². The lowest BCUT2D eigenvalue weighted by molar-refractivity contribution is -0.137. The minimum atomic E-state index is 0.00901. The molecule has 1 amide bonds. The van der Waals surface area contributed by atoms with Crippen LogP contribution in [0, 0.1) is 0 Å². The number of likely N-dealkylation sites (N-methyl/N-ethyl adjacent to an activating group) is 1. The summed E-state index contributed by atoms with van der Waals surface area (Å²) in [6, 6.07) is 0. The molecule has 18 heavy (non-hydrogen) atoms. The molecule has 6 heteroatoms. The molecule has 2 heterocycles. The molecule has 0 aliphatic carbocycles. The van der Waals surface area contributed by atoms with Gasteiger partial charge in [0.15, 0.2) is 0 Å². The largest absolute Gasteiger partial charge is 0.368 e. The third kappa shape index (κ3) is 3.82. The fourth-order valence-corrected chi connectivity index (χ4v) is 1.99. The average molecular weight is 252 g/mol. The van der Waals surface area contributed by atoms with Crippen LogP contribution >= 0.6 is 0 Å². The maximum atomic E-state index is 11.9. The predicted octanol–water partition coefficient (Wildman–Crippen LogP) is 0.137. The van der Waals surface area contributed by atoms with Crippen LogP contribution in [0.15, 0.2) is 12.4 Å². The molecule has 100 valence electrons. The first-order valence-electron chi connectivity index (χ1n) is 6.29. The van der Waals surface area contributed by atoms with Crippen LogP contribution < -0.4 is 5.32 Å². The highest BCUT2D eigenvalue weighted by Gasteiger charge is 2.16. The number of carbonyl (C=O) groups is 1. The molecule has 0 saturated carbocycles. The van der Waals surface area contributed by atoms with Crippen LogP contribution in [0.1, 0.15) is 18.4 Å². The molecule has 1 aliphatic heterocycles. The molecule has 1 aromatic rings. The second-order valence-corrected chi connectivity index (χ2v) is 4.62. The van der Waals surface area contributed by atoms with Crippen molar-refractivity contribution in [1.82, 2.24) is 20.4 Å². The van der Waals surface area contributed by atoms with Gasteiger partial charge in [-0.05, 0) is 25.9 Å². The SMILES string of the molecule is CN(Cc1cn[nH]c1)C(=O)COC1CCNCC1. The molecule has 0 aromatic carbocycles. The number of H-pyrrole nitrogens is 1. The summed E-state index contributed by atoms with van der Waals surface area (Å²) >= 11 is 0. The van der Waals surface area contributed by atoms with Crippen molar-refractivity contribution in [3.63, 3.8) is 0 Å². The van der Waals surface area contributed by atoms with Crippen LogP contribution in [0.3, 0.4) is 0 Å². The second-order valence-electron chi connectivity index (χ2n) is 4.62. The lowest BCUT2D eigenvalue weighted by Crippen LogP contribution is -2.36. The Kier molecular flexibility index (Phi) is 4.72. The summed E-state index contributed by atoms with van der Waals surface area (Å²) in [6.45, 7) is 2.68. The molecule has 0 atom stereocenters. The van der Waals surface area contributed by atoms with Crippen molar-refractivity contribution in [1.29, 1.82) is 0 Å². The number of hydrogen-bond acceptors (Lipinski definition) is 4. The minimum Gasteiger partial charge on any atom is -0.368 e. The van der Waals surface area contributed by atoms with Crippen LogP contribution in [-0.2, 0) is 16.1 Å². The van der Waals surface area contributed by atoms with Gasteiger partial charge in [0.1, 0.15) is 6.61 Å². The third-order valence-electron chi connectivity index (χ3n) is 3.13. The number of rotatable bonds is 5. The number of piperidine rings is 1. The number of ether oxygens (including phenoxy) is 1. The van der Waals surface area contributed by atoms with Gasteiger partial charge in [0.05, 0.1) is 12.3 Å². The van der Waals surface area contributed by atoms with Gasteiger partial charge in [0.2, 0.25) is 5.91 Å². The van der Waals surface area contributed by atoms with Crippen LogP contribution in [0.2, 0.25) is 0 Å². The zero-order valence-corrected chi connectivity index (χ0v) is 10.7. The summed E-state index contributed by atoms with van der Waals surface area (Å²) in [7, 11) is 1.78. The summed E-state index contributed by atoms with van der Waals surface area (Å²) in [6.07, 6.45) is 5.70. The van der Waals surface area contributed by atoms with E-state index < -0.39 is 0 Å². The molecule has 1 aliphatic rings. The summed E-state index contributed by atoms with van der Waals surface area (Å²) in [5, 5.41) is 9.85.